The zero-order valence-electron chi connectivity index (χ0n) is 14.4. The Morgan fingerprint density at radius 3 is 2.80 bits per heavy atom. The number of hydrazone groups is 1. The molecule has 0 spiro atoms. The van der Waals surface area contributed by atoms with Gasteiger partial charge in [-0.2, -0.15) is 5.10 Å². The van der Waals surface area contributed by atoms with Gasteiger partial charge in [0.25, 0.3) is 0 Å². The number of nitrogens with one attached hydrogen (secondary N) is 2. The Balaban J connectivity index is 1.66. The van der Waals surface area contributed by atoms with Gasteiger partial charge in [-0.05, 0) is 25.1 Å². The topological polar surface area (TPSA) is 92.3 Å². The number of para-hydroxylation sites is 1. The minimum atomic E-state index is -0.794. The van der Waals surface area contributed by atoms with Crippen molar-refractivity contribution in [2.75, 3.05) is 46.5 Å². The van der Waals surface area contributed by atoms with Crippen molar-refractivity contribution in [3.05, 3.63) is 29.8 Å². The third kappa shape index (κ3) is 6.52. The molecular formula is C17H24N4O4. The second kappa shape index (κ2) is 10.4. The van der Waals surface area contributed by atoms with Gasteiger partial charge in [0.2, 0.25) is 0 Å². The number of hydrogen-bond acceptors (Lipinski definition) is 6. The highest BCUT2D eigenvalue weighted by molar-refractivity contribution is 6.35. The molecule has 1 heterocycles. The third-order valence-corrected chi connectivity index (χ3v) is 3.76. The molecule has 0 bridgehead atoms. The number of ether oxygens (including phenoxy) is 2. The number of benzene rings is 1. The maximum Gasteiger partial charge on any atom is 0.329 e. The first-order valence-corrected chi connectivity index (χ1v) is 8.25. The second-order valence-electron chi connectivity index (χ2n) is 5.50. The molecule has 2 amide bonds. The molecular weight excluding hydrogens is 324 g/mol. The lowest BCUT2D eigenvalue weighted by Crippen LogP contribution is -2.40. The summed E-state index contributed by atoms with van der Waals surface area (Å²) in [6, 6.07) is 7.23. The van der Waals surface area contributed by atoms with Crippen molar-refractivity contribution in [3.63, 3.8) is 0 Å². The summed E-state index contributed by atoms with van der Waals surface area (Å²) >= 11 is 0. The summed E-state index contributed by atoms with van der Waals surface area (Å²) in [6.45, 7) is 4.63. The molecule has 0 saturated carbocycles. The van der Waals surface area contributed by atoms with Crippen molar-refractivity contribution >= 4 is 18.0 Å². The van der Waals surface area contributed by atoms with E-state index in [1.54, 1.807) is 19.2 Å². The van der Waals surface area contributed by atoms with Crippen LogP contribution in [0.1, 0.15) is 12.0 Å². The second-order valence-corrected chi connectivity index (χ2v) is 5.50. The van der Waals surface area contributed by atoms with Crippen molar-refractivity contribution in [3.8, 4) is 5.75 Å². The number of rotatable bonds is 7. The fourth-order valence-corrected chi connectivity index (χ4v) is 2.39. The number of carbonyl (C=O) groups is 2. The molecule has 1 aromatic rings. The Kier molecular flexibility index (Phi) is 7.87. The molecule has 0 atom stereocenters. The Hall–Kier alpha value is -2.45. The number of morpholine rings is 1. The van der Waals surface area contributed by atoms with Crippen LogP contribution < -0.4 is 15.5 Å². The van der Waals surface area contributed by atoms with Crippen molar-refractivity contribution in [2.45, 2.75) is 6.42 Å². The number of carbonyl (C=O) groups excluding carboxylic acids is 2. The van der Waals surface area contributed by atoms with E-state index in [-0.39, 0.29) is 0 Å². The largest absolute Gasteiger partial charge is 0.496 e. The fourth-order valence-electron chi connectivity index (χ4n) is 2.39. The summed E-state index contributed by atoms with van der Waals surface area (Å²) in [6.07, 6.45) is 2.21. The van der Waals surface area contributed by atoms with Crippen molar-refractivity contribution in [1.82, 2.24) is 15.6 Å². The first-order chi connectivity index (χ1) is 12.2. The lowest BCUT2D eigenvalue weighted by molar-refractivity contribution is -0.139. The minimum Gasteiger partial charge on any atom is -0.496 e. The van der Waals surface area contributed by atoms with Gasteiger partial charge < -0.3 is 14.8 Å². The molecule has 1 aliphatic heterocycles. The van der Waals surface area contributed by atoms with E-state index in [4.69, 9.17) is 9.47 Å². The van der Waals surface area contributed by atoms with E-state index in [0.717, 1.165) is 39.3 Å². The molecule has 1 aromatic carbocycles. The highest BCUT2D eigenvalue weighted by Gasteiger charge is 2.13. The predicted molar refractivity (Wildman–Crippen MR) is 93.6 cm³/mol. The van der Waals surface area contributed by atoms with Crippen molar-refractivity contribution in [1.29, 1.82) is 0 Å². The third-order valence-electron chi connectivity index (χ3n) is 3.76. The first-order valence-electron chi connectivity index (χ1n) is 8.25. The maximum atomic E-state index is 11.7. The maximum absolute atomic E-state index is 11.7. The van der Waals surface area contributed by atoms with Gasteiger partial charge >= 0.3 is 11.8 Å². The van der Waals surface area contributed by atoms with Gasteiger partial charge in [-0.25, -0.2) is 5.43 Å². The zero-order valence-corrected chi connectivity index (χ0v) is 14.4. The summed E-state index contributed by atoms with van der Waals surface area (Å²) in [5.74, 6) is -0.857. The fraction of sp³-hybridized carbons (Fsp3) is 0.471. The smallest absolute Gasteiger partial charge is 0.329 e. The molecule has 1 saturated heterocycles. The van der Waals surface area contributed by atoms with Crippen LogP contribution in [0.4, 0.5) is 0 Å². The lowest BCUT2D eigenvalue weighted by atomic mass is 10.2. The van der Waals surface area contributed by atoms with E-state index in [1.807, 2.05) is 12.1 Å². The first kappa shape index (κ1) is 18.9. The minimum absolute atomic E-state index is 0.444. The van der Waals surface area contributed by atoms with E-state index < -0.39 is 11.8 Å². The molecule has 2 N–H and O–H groups in total. The average molecular weight is 348 g/mol. The van der Waals surface area contributed by atoms with E-state index >= 15 is 0 Å². The zero-order chi connectivity index (χ0) is 17.9. The van der Waals surface area contributed by atoms with Crippen LogP contribution in [0.25, 0.3) is 0 Å². The van der Waals surface area contributed by atoms with Crippen LogP contribution in [0.5, 0.6) is 5.75 Å². The number of methoxy groups -OCH3 is 1. The molecule has 0 unspecified atom stereocenters. The number of amides is 2. The van der Waals surface area contributed by atoms with Gasteiger partial charge in [0.05, 0.1) is 26.5 Å². The SMILES string of the molecule is COc1ccccc1/C=N/NC(=O)C(=O)NCCCN1CCOCC1. The van der Waals surface area contributed by atoms with Crippen LogP contribution in [0.15, 0.2) is 29.4 Å². The molecule has 1 fully saturated rings. The van der Waals surface area contributed by atoms with Gasteiger partial charge in [0.1, 0.15) is 5.75 Å². The van der Waals surface area contributed by atoms with E-state index in [0.29, 0.717) is 17.9 Å². The van der Waals surface area contributed by atoms with E-state index in [9.17, 15) is 9.59 Å². The average Bonchev–Trinajstić information content (AvgIpc) is 2.66. The molecule has 0 aliphatic carbocycles. The number of hydrogen-bond donors (Lipinski definition) is 2. The van der Waals surface area contributed by atoms with Gasteiger partial charge in [-0.3, -0.25) is 14.5 Å². The molecule has 2 rings (SSSR count). The molecule has 8 heteroatoms. The Labute approximate surface area is 147 Å². The normalized spacial score (nSPS) is 15.1. The summed E-state index contributed by atoms with van der Waals surface area (Å²) in [5.41, 5.74) is 2.91. The summed E-state index contributed by atoms with van der Waals surface area (Å²) in [5, 5.41) is 6.37. The molecule has 8 nitrogen and oxygen atoms in total. The predicted octanol–water partition coefficient (Wildman–Crippen LogP) is -0.0162. The van der Waals surface area contributed by atoms with Crippen LogP contribution in [-0.2, 0) is 14.3 Å². The quantitative estimate of drug-likeness (QED) is 0.313. The highest BCUT2D eigenvalue weighted by Crippen LogP contribution is 2.14. The Morgan fingerprint density at radius 1 is 1.28 bits per heavy atom. The van der Waals surface area contributed by atoms with Gasteiger partial charge in [-0.15, -0.1) is 0 Å². The Morgan fingerprint density at radius 2 is 2.04 bits per heavy atom. The molecule has 0 aromatic heterocycles. The molecule has 1 aliphatic rings. The highest BCUT2D eigenvalue weighted by atomic mass is 16.5. The summed E-state index contributed by atoms with van der Waals surface area (Å²) < 4.78 is 10.4. The van der Waals surface area contributed by atoms with Crippen molar-refractivity contribution in [2.24, 2.45) is 5.10 Å². The summed E-state index contributed by atoms with van der Waals surface area (Å²) in [4.78, 5) is 25.7. The van der Waals surface area contributed by atoms with E-state index in [2.05, 4.69) is 20.7 Å². The molecule has 136 valence electrons. The lowest BCUT2D eigenvalue weighted by Gasteiger charge is -2.26. The van der Waals surface area contributed by atoms with E-state index in [1.165, 1.54) is 6.21 Å². The van der Waals surface area contributed by atoms with Crippen LogP contribution in [-0.4, -0.2) is 69.4 Å². The standard InChI is InChI=1S/C17H24N4O4/c1-24-15-6-3-2-5-14(15)13-19-20-17(23)16(22)18-7-4-8-21-9-11-25-12-10-21/h2-3,5-6,13H,4,7-12H2,1H3,(H,18,22)(H,20,23)/b19-13+. The van der Waals surface area contributed by atoms with Crippen LogP contribution in [0, 0.1) is 0 Å². The van der Waals surface area contributed by atoms with Crippen LogP contribution in [0.2, 0.25) is 0 Å². The summed E-state index contributed by atoms with van der Waals surface area (Å²) in [7, 11) is 1.55. The molecule has 25 heavy (non-hydrogen) atoms. The van der Waals surface area contributed by atoms with Gasteiger partial charge in [0.15, 0.2) is 0 Å². The Bertz CT molecular complexity index is 600. The van der Waals surface area contributed by atoms with Crippen LogP contribution >= 0.6 is 0 Å². The van der Waals surface area contributed by atoms with Crippen molar-refractivity contribution < 1.29 is 19.1 Å². The number of nitrogens with zero attached hydrogens (tertiary/aromatic N) is 2. The van der Waals surface area contributed by atoms with Gasteiger partial charge in [-0.1, -0.05) is 12.1 Å². The monoisotopic (exact) mass is 348 g/mol. The van der Waals surface area contributed by atoms with Crippen LogP contribution in [0.3, 0.4) is 0 Å². The van der Waals surface area contributed by atoms with Gasteiger partial charge in [0, 0.05) is 25.2 Å². The molecule has 0 radical (unpaired) electrons.